The summed E-state index contributed by atoms with van der Waals surface area (Å²) in [4.78, 5) is 15.9. The van der Waals surface area contributed by atoms with Crippen LogP contribution in [0.15, 0.2) is 24.3 Å². The molecule has 0 unspecified atom stereocenters. The quantitative estimate of drug-likeness (QED) is 0.799. The first-order valence-electron chi connectivity index (χ1n) is 10.6. The molecule has 2 heterocycles. The summed E-state index contributed by atoms with van der Waals surface area (Å²) < 4.78 is 2.31. The van der Waals surface area contributed by atoms with Gasteiger partial charge in [-0.25, -0.2) is 0 Å². The standard InChI is InChI=1S/C22H31N5O/c1-17-7-9-20(10-8-17)16-27-21(15-19-5-3-4-6-19)23-24-22(27)26-13-11-25(12-14-26)18(2)28/h7-10,19H,3-6,11-16H2,1-2H3. The van der Waals surface area contributed by atoms with Crippen molar-refractivity contribution in [2.75, 3.05) is 31.1 Å². The molecule has 1 aliphatic carbocycles. The van der Waals surface area contributed by atoms with Crippen LogP contribution in [0, 0.1) is 12.8 Å². The van der Waals surface area contributed by atoms with Gasteiger partial charge in [0, 0.05) is 39.5 Å². The Bertz CT molecular complexity index is 799. The number of anilines is 1. The average molecular weight is 382 g/mol. The molecule has 0 N–H and O–H groups in total. The number of piperazine rings is 1. The SMILES string of the molecule is CC(=O)N1CCN(c2nnc(CC3CCCC3)n2Cc2ccc(C)cc2)CC1. The zero-order chi connectivity index (χ0) is 19.5. The molecule has 0 atom stereocenters. The van der Waals surface area contributed by atoms with Crippen molar-refractivity contribution >= 4 is 11.9 Å². The number of aromatic nitrogens is 3. The fourth-order valence-electron chi connectivity index (χ4n) is 4.44. The van der Waals surface area contributed by atoms with Crippen LogP contribution in [0.4, 0.5) is 5.95 Å². The van der Waals surface area contributed by atoms with Crippen molar-refractivity contribution in [3.8, 4) is 0 Å². The van der Waals surface area contributed by atoms with Crippen molar-refractivity contribution in [2.45, 2.75) is 52.5 Å². The highest BCUT2D eigenvalue weighted by molar-refractivity contribution is 5.73. The molecule has 2 fully saturated rings. The summed E-state index contributed by atoms with van der Waals surface area (Å²) >= 11 is 0. The Morgan fingerprint density at radius 3 is 2.36 bits per heavy atom. The molecule has 1 aromatic heterocycles. The summed E-state index contributed by atoms with van der Waals surface area (Å²) in [7, 11) is 0. The van der Waals surface area contributed by atoms with E-state index in [2.05, 4.69) is 50.9 Å². The molecule has 0 radical (unpaired) electrons. The number of amides is 1. The summed E-state index contributed by atoms with van der Waals surface area (Å²) in [6.07, 6.45) is 6.33. The maximum absolute atomic E-state index is 11.6. The maximum atomic E-state index is 11.6. The van der Waals surface area contributed by atoms with E-state index in [4.69, 9.17) is 0 Å². The Morgan fingerprint density at radius 1 is 1.04 bits per heavy atom. The highest BCUT2D eigenvalue weighted by atomic mass is 16.2. The molecule has 6 heteroatoms. The third kappa shape index (κ3) is 4.21. The van der Waals surface area contributed by atoms with Gasteiger partial charge in [0.05, 0.1) is 6.54 Å². The van der Waals surface area contributed by atoms with Gasteiger partial charge in [0.25, 0.3) is 0 Å². The minimum Gasteiger partial charge on any atom is -0.339 e. The van der Waals surface area contributed by atoms with Gasteiger partial charge in [-0.3, -0.25) is 9.36 Å². The number of nitrogens with zero attached hydrogens (tertiary/aromatic N) is 5. The molecule has 2 aliphatic rings. The first-order chi connectivity index (χ1) is 13.6. The Hall–Kier alpha value is -2.37. The van der Waals surface area contributed by atoms with E-state index in [9.17, 15) is 4.79 Å². The highest BCUT2D eigenvalue weighted by Crippen LogP contribution is 2.29. The zero-order valence-electron chi connectivity index (χ0n) is 17.1. The topological polar surface area (TPSA) is 54.3 Å². The minimum absolute atomic E-state index is 0.155. The third-order valence-electron chi connectivity index (χ3n) is 6.22. The molecule has 2 aromatic rings. The molecule has 1 aromatic carbocycles. The number of rotatable bonds is 5. The number of carbonyl (C=O) groups is 1. The second-order valence-electron chi connectivity index (χ2n) is 8.34. The van der Waals surface area contributed by atoms with E-state index in [-0.39, 0.29) is 5.91 Å². The summed E-state index contributed by atoms with van der Waals surface area (Å²) in [5, 5.41) is 9.21. The predicted molar refractivity (Wildman–Crippen MR) is 110 cm³/mol. The maximum Gasteiger partial charge on any atom is 0.227 e. The Balaban J connectivity index is 1.57. The van der Waals surface area contributed by atoms with Crippen molar-refractivity contribution in [3.63, 3.8) is 0 Å². The van der Waals surface area contributed by atoms with Gasteiger partial charge in [0.2, 0.25) is 11.9 Å². The van der Waals surface area contributed by atoms with Crippen LogP contribution in [0.3, 0.4) is 0 Å². The van der Waals surface area contributed by atoms with Gasteiger partial charge in [-0.2, -0.15) is 0 Å². The first kappa shape index (κ1) is 19.0. The highest BCUT2D eigenvalue weighted by Gasteiger charge is 2.26. The van der Waals surface area contributed by atoms with Gasteiger partial charge in [0.1, 0.15) is 5.82 Å². The molecule has 150 valence electrons. The van der Waals surface area contributed by atoms with Crippen LogP contribution in [0.2, 0.25) is 0 Å². The Labute approximate surface area is 167 Å². The van der Waals surface area contributed by atoms with Gasteiger partial charge in [-0.1, -0.05) is 55.5 Å². The number of aryl methyl sites for hydroxylation is 1. The zero-order valence-corrected chi connectivity index (χ0v) is 17.1. The Morgan fingerprint density at radius 2 is 1.71 bits per heavy atom. The molecule has 1 saturated carbocycles. The lowest BCUT2D eigenvalue weighted by Gasteiger charge is -2.34. The van der Waals surface area contributed by atoms with Crippen LogP contribution in [-0.2, 0) is 17.8 Å². The van der Waals surface area contributed by atoms with E-state index < -0.39 is 0 Å². The van der Waals surface area contributed by atoms with E-state index in [1.54, 1.807) is 6.92 Å². The van der Waals surface area contributed by atoms with Crippen molar-refractivity contribution in [3.05, 3.63) is 41.2 Å². The van der Waals surface area contributed by atoms with E-state index in [1.165, 1.54) is 36.8 Å². The van der Waals surface area contributed by atoms with Gasteiger partial charge >= 0.3 is 0 Å². The van der Waals surface area contributed by atoms with E-state index in [0.29, 0.717) is 0 Å². The summed E-state index contributed by atoms with van der Waals surface area (Å²) in [5.74, 6) is 2.96. The van der Waals surface area contributed by atoms with Crippen molar-refractivity contribution < 1.29 is 4.79 Å². The summed E-state index contributed by atoms with van der Waals surface area (Å²) in [5.41, 5.74) is 2.56. The predicted octanol–water partition coefficient (Wildman–Crippen LogP) is 3.04. The monoisotopic (exact) mass is 381 g/mol. The second-order valence-corrected chi connectivity index (χ2v) is 8.34. The molecular formula is C22H31N5O. The van der Waals surface area contributed by atoms with Crippen molar-refractivity contribution in [2.24, 2.45) is 5.92 Å². The minimum atomic E-state index is 0.155. The molecule has 6 nitrogen and oxygen atoms in total. The van der Waals surface area contributed by atoms with Crippen molar-refractivity contribution in [1.82, 2.24) is 19.7 Å². The van der Waals surface area contributed by atoms with Gasteiger partial charge in [0.15, 0.2) is 0 Å². The van der Waals surface area contributed by atoms with Crippen LogP contribution < -0.4 is 4.90 Å². The summed E-state index contributed by atoms with van der Waals surface area (Å²) in [6, 6.07) is 8.74. The number of benzene rings is 1. The molecule has 1 amide bonds. The smallest absolute Gasteiger partial charge is 0.227 e. The van der Waals surface area contributed by atoms with Crippen LogP contribution >= 0.6 is 0 Å². The molecule has 1 aliphatic heterocycles. The van der Waals surface area contributed by atoms with E-state index >= 15 is 0 Å². The average Bonchev–Trinajstić information content (AvgIpc) is 3.35. The van der Waals surface area contributed by atoms with Crippen LogP contribution in [0.1, 0.15) is 49.6 Å². The van der Waals surface area contributed by atoms with Crippen LogP contribution in [0.25, 0.3) is 0 Å². The molecule has 28 heavy (non-hydrogen) atoms. The molecule has 0 bridgehead atoms. The van der Waals surface area contributed by atoms with Gasteiger partial charge < -0.3 is 9.80 Å². The fraction of sp³-hybridized carbons (Fsp3) is 0.591. The van der Waals surface area contributed by atoms with Crippen LogP contribution in [-0.4, -0.2) is 51.8 Å². The largest absolute Gasteiger partial charge is 0.339 e. The second kappa shape index (κ2) is 8.33. The number of hydrogen-bond donors (Lipinski definition) is 0. The fourth-order valence-corrected chi connectivity index (χ4v) is 4.44. The molecule has 4 rings (SSSR count). The summed E-state index contributed by atoms with van der Waals surface area (Å²) in [6.45, 7) is 7.71. The number of hydrogen-bond acceptors (Lipinski definition) is 4. The molecule has 1 saturated heterocycles. The van der Waals surface area contributed by atoms with E-state index in [0.717, 1.165) is 56.8 Å². The normalized spacial score (nSPS) is 18.1. The number of carbonyl (C=O) groups excluding carboxylic acids is 1. The van der Waals surface area contributed by atoms with Gasteiger partial charge in [-0.05, 0) is 18.4 Å². The Kier molecular flexibility index (Phi) is 5.64. The lowest BCUT2D eigenvalue weighted by atomic mass is 10.0. The molecule has 0 spiro atoms. The molecular weight excluding hydrogens is 350 g/mol. The van der Waals surface area contributed by atoms with Gasteiger partial charge in [-0.15, -0.1) is 10.2 Å². The lowest BCUT2D eigenvalue weighted by molar-refractivity contribution is -0.129. The lowest BCUT2D eigenvalue weighted by Crippen LogP contribution is -2.48. The van der Waals surface area contributed by atoms with E-state index in [1.807, 2.05) is 4.90 Å². The van der Waals surface area contributed by atoms with Crippen molar-refractivity contribution in [1.29, 1.82) is 0 Å². The third-order valence-corrected chi connectivity index (χ3v) is 6.22. The van der Waals surface area contributed by atoms with Crippen LogP contribution in [0.5, 0.6) is 0 Å². The first-order valence-corrected chi connectivity index (χ1v) is 10.6.